The number of aromatic nitrogens is 3. The summed E-state index contributed by atoms with van der Waals surface area (Å²) in [6.07, 6.45) is 2.51. The highest BCUT2D eigenvalue weighted by molar-refractivity contribution is 5.99. The molecule has 0 aliphatic carbocycles. The number of carbonyl (C=O) groups is 2. The number of ketones is 1. The molecule has 0 spiro atoms. The molecule has 1 aliphatic heterocycles. The van der Waals surface area contributed by atoms with Crippen LogP contribution in [0.2, 0.25) is 0 Å². The van der Waals surface area contributed by atoms with E-state index in [4.69, 9.17) is 9.47 Å². The predicted octanol–water partition coefficient (Wildman–Crippen LogP) is 2.88. The molecular weight excluding hydrogens is 410 g/mol. The van der Waals surface area contributed by atoms with Gasteiger partial charge in [-0.05, 0) is 44.9 Å². The van der Waals surface area contributed by atoms with Gasteiger partial charge in [-0.1, -0.05) is 12.1 Å². The second-order valence-electron chi connectivity index (χ2n) is 8.14. The van der Waals surface area contributed by atoms with Gasteiger partial charge in [0, 0.05) is 36.5 Å². The van der Waals surface area contributed by atoms with E-state index < -0.39 is 5.97 Å². The summed E-state index contributed by atoms with van der Waals surface area (Å²) in [6.45, 7) is 5.06. The quantitative estimate of drug-likeness (QED) is 0.429. The highest BCUT2D eigenvalue weighted by Crippen LogP contribution is 2.21. The molecular formula is C24H27N3O5. The van der Waals surface area contributed by atoms with Crippen LogP contribution in [0.15, 0.2) is 35.1 Å². The van der Waals surface area contributed by atoms with E-state index >= 15 is 0 Å². The fourth-order valence-corrected chi connectivity index (χ4v) is 4.13. The molecule has 3 heterocycles. The van der Waals surface area contributed by atoms with E-state index in [0.717, 1.165) is 37.4 Å². The number of Topliss-reactive ketones (excluding diaryl/α,β-unsaturated/α-hetero) is 1. The van der Waals surface area contributed by atoms with E-state index in [9.17, 15) is 14.4 Å². The van der Waals surface area contributed by atoms with Crippen LogP contribution in [0.4, 0.5) is 0 Å². The van der Waals surface area contributed by atoms with Crippen LogP contribution in [0.1, 0.15) is 46.8 Å². The summed E-state index contributed by atoms with van der Waals surface area (Å²) in [5, 5.41) is 0.501. The minimum Gasteiger partial charge on any atom is -0.457 e. The first kappa shape index (κ1) is 22.0. The van der Waals surface area contributed by atoms with Crippen LogP contribution in [0.3, 0.4) is 0 Å². The van der Waals surface area contributed by atoms with Crippen LogP contribution >= 0.6 is 0 Å². The maximum absolute atomic E-state index is 12.7. The van der Waals surface area contributed by atoms with Crippen molar-refractivity contribution in [3.63, 3.8) is 0 Å². The second-order valence-corrected chi connectivity index (χ2v) is 8.14. The van der Waals surface area contributed by atoms with Gasteiger partial charge >= 0.3 is 5.97 Å². The fraction of sp³-hybridized carbons (Fsp3) is 0.417. The third-order valence-electron chi connectivity index (χ3n) is 5.88. The Hall–Kier alpha value is -3.26. The molecule has 0 unspecified atom stereocenters. The molecule has 0 bridgehead atoms. The first-order valence-electron chi connectivity index (χ1n) is 10.9. The number of fused-ring (bicyclic) bond motifs is 1. The minimum absolute atomic E-state index is 0.0204. The van der Waals surface area contributed by atoms with Crippen molar-refractivity contribution in [3.8, 4) is 0 Å². The van der Waals surface area contributed by atoms with Crippen molar-refractivity contribution in [3.05, 3.63) is 63.5 Å². The summed E-state index contributed by atoms with van der Waals surface area (Å²) >= 11 is 0. The zero-order chi connectivity index (χ0) is 22.7. The Kier molecular flexibility index (Phi) is 6.50. The van der Waals surface area contributed by atoms with E-state index in [-0.39, 0.29) is 36.9 Å². The third kappa shape index (κ3) is 4.80. The number of carbonyl (C=O) groups excluding carboxylic acids is 2. The number of esters is 1. The standard InChI is InChI=1S/C24H27N3O5/c1-15-12-19(16(2)27(15)13-17-6-5-11-31-17)21(28)14-32-23(29)10-9-22-25-20-8-4-3-7-18(20)24(30)26-22/h3-4,7-8,12,17H,5-6,9-11,13-14H2,1-2H3,(H,25,26,30)/t17-/m0/s1. The molecule has 2 aromatic heterocycles. The van der Waals surface area contributed by atoms with Crippen LogP contribution in [0, 0.1) is 13.8 Å². The molecule has 8 nitrogen and oxygen atoms in total. The van der Waals surface area contributed by atoms with Gasteiger partial charge < -0.3 is 19.0 Å². The predicted molar refractivity (Wildman–Crippen MR) is 119 cm³/mol. The lowest BCUT2D eigenvalue weighted by molar-refractivity contribution is -0.142. The van der Waals surface area contributed by atoms with Gasteiger partial charge in [0.05, 0.1) is 23.4 Å². The Morgan fingerprint density at radius 1 is 1.28 bits per heavy atom. The van der Waals surface area contributed by atoms with Crippen molar-refractivity contribution in [1.82, 2.24) is 14.5 Å². The SMILES string of the molecule is Cc1cc(C(=O)COC(=O)CCc2nc3ccccc3c(=O)[nH]2)c(C)n1C[C@@H]1CCCO1. The number of H-pyrrole nitrogens is 1. The zero-order valence-electron chi connectivity index (χ0n) is 18.3. The van der Waals surface area contributed by atoms with E-state index in [0.29, 0.717) is 22.3 Å². The Morgan fingerprint density at radius 2 is 2.09 bits per heavy atom. The topological polar surface area (TPSA) is 103 Å². The smallest absolute Gasteiger partial charge is 0.306 e. The number of hydrogen-bond donors (Lipinski definition) is 1. The van der Waals surface area contributed by atoms with Gasteiger partial charge in [0.25, 0.3) is 5.56 Å². The van der Waals surface area contributed by atoms with Gasteiger partial charge in [-0.25, -0.2) is 4.98 Å². The van der Waals surface area contributed by atoms with Crippen LogP contribution in [0.25, 0.3) is 10.9 Å². The molecule has 1 aliphatic rings. The molecule has 0 radical (unpaired) electrons. The molecule has 1 saturated heterocycles. The number of aromatic amines is 1. The lowest BCUT2D eigenvalue weighted by Gasteiger charge is -2.14. The largest absolute Gasteiger partial charge is 0.457 e. The highest BCUT2D eigenvalue weighted by Gasteiger charge is 2.21. The number of hydrogen-bond acceptors (Lipinski definition) is 6. The van der Waals surface area contributed by atoms with Crippen LogP contribution < -0.4 is 5.56 Å². The summed E-state index contributed by atoms with van der Waals surface area (Å²) in [6, 6.07) is 8.86. The Morgan fingerprint density at radius 3 is 2.88 bits per heavy atom. The lowest BCUT2D eigenvalue weighted by atomic mass is 10.1. The van der Waals surface area contributed by atoms with Crippen LogP contribution in [-0.2, 0) is 27.2 Å². The van der Waals surface area contributed by atoms with E-state index in [1.165, 1.54) is 0 Å². The van der Waals surface area contributed by atoms with E-state index in [1.807, 2.05) is 19.9 Å². The monoisotopic (exact) mass is 437 g/mol. The number of rotatable bonds is 8. The average Bonchev–Trinajstić information content (AvgIpc) is 3.40. The van der Waals surface area contributed by atoms with Gasteiger partial charge in [-0.3, -0.25) is 14.4 Å². The van der Waals surface area contributed by atoms with Gasteiger partial charge in [-0.2, -0.15) is 0 Å². The molecule has 1 atom stereocenters. The van der Waals surface area contributed by atoms with Crippen molar-refractivity contribution in [2.24, 2.45) is 0 Å². The molecule has 1 N–H and O–H groups in total. The number of nitrogens with one attached hydrogen (secondary N) is 1. The van der Waals surface area contributed by atoms with E-state index in [1.54, 1.807) is 24.3 Å². The number of para-hydroxylation sites is 1. The molecule has 8 heteroatoms. The summed E-state index contributed by atoms with van der Waals surface area (Å²) in [7, 11) is 0. The summed E-state index contributed by atoms with van der Waals surface area (Å²) < 4.78 is 13.0. The van der Waals surface area contributed by atoms with Gasteiger partial charge in [0.1, 0.15) is 5.82 Å². The minimum atomic E-state index is -0.512. The molecule has 0 saturated carbocycles. The molecule has 3 aromatic rings. The second kappa shape index (κ2) is 9.48. The Balaban J connectivity index is 1.32. The maximum Gasteiger partial charge on any atom is 0.306 e. The first-order valence-corrected chi connectivity index (χ1v) is 10.9. The van der Waals surface area contributed by atoms with Crippen molar-refractivity contribution < 1.29 is 19.1 Å². The van der Waals surface area contributed by atoms with Crippen molar-refractivity contribution >= 4 is 22.7 Å². The van der Waals surface area contributed by atoms with Crippen molar-refractivity contribution in [2.45, 2.75) is 52.2 Å². The van der Waals surface area contributed by atoms with Gasteiger partial charge in [-0.15, -0.1) is 0 Å². The molecule has 4 rings (SSSR count). The number of nitrogens with zero attached hydrogens (tertiary/aromatic N) is 2. The Labute approximate surface area is 185 Å². The number of benzene rings is 1. The molecule has 168 valence electrons. The molecule has 1 aromatic carbocycles. The lowest BCUT2D eigenvalue weighted by Crippen LogP contribution is -2.18. The highest BCUT2D eigenvalue weighted by atomic mass is 16.5. The summed E-state index contributed by atoms with van der Waals surface area (Å²) in [4.78, 5) is 44.0. The number of aryl methyl sites for hydroxylation is 2. The van der Waals surface area contributed by atoms with Crippen LogP contribution in [0.5, 0.6) is 0 Å². The molecule has 0 amide bonds. The van der Waals surface area contributed by atoms with E-state index in [2.05, 4.69) is 14.5 Å². The molecule has 1 fully saturated rings. The van der Waals surface area contributed by atoms with Crippen LogP contribution in [-0.4, -0.2) is 45.6 Å². The zero-order valence-corrected chi connectivity index (χ0v) is 18.3. The number of ether oxygens (including phenoxy) is 2. The third-order valence-corrected chi connectivity index (χ3v) is 5.88. The van der Waals surface area contributed by atoms with Crippen molar-refractivity contribution in [1.29, 1.82) is 0 Å². The maximum atomic E-state index is 12.7. The first-order chi connectivity index (χ1) is 15.4. The molecule has 32 heavy (non-hydrogen) atoms. The normalized spacial score (nSPS) is 15.9. The van der Waals surface area contributed by atoms with Gasteiger partial charge in [0.15, 0.2) is 6.61 Å². The summed E-state index contributed by atoms with van der Waals surface area (Å²) in [5.74, 6) is -0.334. The Bertz CT molecular complexity index is 1200. The average molecular weight is 437 g/mol. The van der Waals surface area contributed by atoms with Crippen molar-refractivity contribution in [2.75, 3.05) is 13.2 Å². The van der Waals surface area contributed by atoms with Gasteiger partial charge in [0.2, 0.25) is 5.78 Å². The summed E-state index contributed by atoms with van der Waals surface area (Å²) in [5.41, 5.74) is 2.74. The fourth-order valence-electron chi connectivity index (χ4n) is 4.13.